The molecule has 3 heterocycles. The standard InChI is InChI=1S/3C6H11N2.BO3/c3*1-3-8-5-4-7(2)6-8;2-1(3)4/h3*4-6H,3H2,1-2H3;/q3*+1;-3. The number of hydrogen-bond acceptors (Lipinski definition) is 3. The maximum atomic E-state index is 8.42. The highest BCUT2D eigenvalue weighted by Gasteiger charge is 1.93. The summed E-state index contributed by atoms with van der Waals surface area (Å²) in [6.07, 6.45) is 18.4. The minimum absolute atomic E-state index is 1.06. The molecular weight excluding hydrogens is 359 g/mol. The summed E-state index contributed by atoms with van der Waals surface area (Å²) in [7, 11) is 3.14. The van der Waals surface area contributed by atoms with E-state index in [-0.39, 0.29) is 0 Å². The first-order valence-corrected chi connectivity index (χ1v) is 9.22. The lowest BCUT2D eigenvalue weighted by atomic mass is 10.3. The lowest BCUT2D eigenvalue weighted by molar-refractivity contribution is -0.671. The smallest absolute Gasteiger partial charge is 0.243 e. The summed E-state index contributed by atoms with van der Waals surface area (Å²) in [5, 5.41) is 25.2. The van der Waals surface area contributed by atoms with Gasteiger partial charge >= 0.3 is 0 Å². The summed E-state index contributed by atoms with van der Waals surface area (Å²) < 4.78 is 12.5. The second-order valence-corrected chi connectivity index (χ2v) is 6.02. The quantitative estimate of drug-likeness (QED) is 0.352. The Bertz CT molecular complexity index is 655. The molecule has 0 spiro atoms. The third-order valence-corrected chi connectivity index (χ3v) is 3.57. The Labute approximate surface area is 168 Å². The highest BCUT2D eigenvalue weighted by atomic mass is 16.5. The van der Waals surface area contributed by atoms with Crippen LogP contribution >= 0.6 is 0 Å². The fourth-order valence-corrected chi connectivity index (χ4v) is 2.07. The van der Waals surface area contributed by atoms with Gasteiger partial charge < -0.3 is 15.1 Å². The van der Waals surface area contributed by atoms with Gasteiger partial charge in [0, 0.05) is 0 Å². The van der Waals surface area contributed by atoms with Gasteiger partial charge in [0.25, 0.3) is 0 Å². The molecule has 0 fully saturated rings. The average molecular weight is 392 g/mol. The van der Waals surface area contributed by atoms with Crippen LogP contribution in [0, 0.1) is 0 Å². The molecule has 0 amide bonds. The van der Waals surface area contributed by atoms with Crippen LogP contribution in [0.3, 0.4) is 0 Å². The molecule has 0 bridgehead atoms. The number of aromatic nitrogens is 6. The summed E-state index contributed by atoms with van der Waals surface area (Å²) in [5.41, 5.74) is 0. The van der Waals surface area contributed by atoms with E-state index in [4.69, 9.17) is 15.1 Å². The van der Waals surface area contributed by atoms with E-state index in [2.05, 4.69) is 72.0 Å². The van der Waals surface area contributed by atoms with E-state index in [0.717, 1.165) is 19.6 Å². The van der Waals surface area contributed by atoms with Gasteiger partial charge in [-0.05, 0) is 20.8 Å². The molecule has 10 heteroatoms. The highest BCUT2D eigenvalue weighted by molar-refractivity contribution is 6.24. The van der Waals surface area contributed by atoms with Crippen LogP contribution in [-0.4, -0.2) is 21.0 Å². The first-order chi connectivity index (χ1) is 13.2. The molecular formula is C18H33BN6O3. The van der Waals surface area contributed by atoms with E-state index < -0.39 is 7.32 Å². The third kappa shape index (κ3) is 12.9. The molecule has 0 aromatic carbocycles. The number of aryl methyl sites for hydroxylation is 6. The van der Waals surface area contributed by atoms with Crippen molar-refractivity contribution in [3.8, 4) is 0 Å². The van der Waals surface area contributed by atoms with Crippen molar-refractivity contribution in [2.45, 2.75) is 40.4 Å². The van der Waals surface area contributed by atoms with E-state index >= 15 is 0 Å². The monoisotopic (exact) mass is 392 g/mol. The molecule has 0 N–H and O–H groups in total. The molecule has 3 aromatic rings. The zero-order valence-corrected chi connectivity index (χ0v) is 17.8. The topological polar surface area (TPSA) is 95.6 Å². The van der Waals surface area contributed by atoms with E-state index in [9.17, 15) is 0 Å². The number of imidazole rings is 3. The van der Waals surface area contributed by atoms with Crippen molar-refractivity contribution in [2.24, 2.45) is 21.1 Å². The van der Waals surface area contributed by atoms with Crippen molar-refractivity contribution in [3.05, 3.63) is 56.2 Å². The predicted octanol–water partition coefficient (Wildman–Crippen LogP) is -2.95. The Balaban J connectivity index is 0.000000358. The van der Waals surface area contributed by atoms with Gasteiger partial charge in [-0.1, -0.05) is 0 Å². The lowest BCUT2D eigenvalue weighted by Gasteiger charge is -2.35. The molecule has 0 aliphatic heterocycles. The summed E-state index contributed by atoms with van der Waals surface area (Å²) in [6, 6.07) is 0. The predicted molar refractivity (Wildman–Crippen MR) is 99.6 cm³/mol. The van der Waals surface area contributed by atoms with Crippen LogP contribution in [0.4, 0.5) is 0 Å². The maximum absolute atomic E-state index is 8.42. The molecule has 0 unspecified atom stereocenters. The van der Waals surface area contributed by atoms with Gasteiger partial charge in [-0.25, -0.2) is 27.4 Å². The minimum Gasteiger partial charge on any atom is -0.907 e. The van der Waals surface area contributed by atoms with Crippen LogP contribution in [-0.2, 0) is 40.8 Å². The van der Waals surface area contributed by atoms with Gasteiger partial charge in [0.05, 0.1) is 40.8 Å². The van der Waals surface area contributed by atoms with Crippen molar-refractivity contribution >= 4 is 7.32 Å². The Hall–Kier alpha value is -2.43. The summed E-state index contributed by atoms with van der Waals surface area (Å²) >= 11 is 0. The van der Waals surface area contributed by atoms with Gasteiger partial charge in [-0.2, -0.15) is 0 Å². The zero-order valence-electron chi connectivity index (χ0n) is 17.8. The van der Waals surface area contributed by atoms with Gasteiger partial charge in [-0.15, -0.1) is 0 Å². The van der Waals surface area contributed by atoms with E-state index in [1.165, 1.54) is 0 Å². The summed E-state index contributed by atoms with van der Waals surface area (Å²) in [5.74, 6) is 0. The first kappa shape index (κ1) is 25.6. The first-order valence-electron chi connectivity index (χ1n) is 9.22. The molecule has 28 heavy (non-hydrogen) atoms. The van der Waals surface area contributed by atoms with Crippen LogP contribution < -0.4 is 28.8 Å². The van der Waals surface area contributed by atoms with Crippen LogP contribution in [0.5, 0.6) is 0 Å². The second kappa shape index (κ2) is 14.6. The van der Waals surface area contributed by atoms with Crippen LogP contribution in [0.15, 0.2) is 56.2 Å². The molecule has 156 valence electrons. The molecule has 3 rings (SSSR count). The summed E-state index contributed by atoms with van der Waals surface area (Å²) in [6.45, 7) is 9.54. The van der Waals surface area contributed by atoms with Crippen LogP contribution in [0.25, 0.3) is 0 Å². The number of hydrogen-bond donors (Lipinski definition) is 0. The van der Waals surface area contributed by atoms with Crippen molar-refractivity contribution < 1.29 is 28.8 Å². The lowest BCUT2D eigenvalue weighted by Crippen LogP contribution is -2.56. The molecule has 0 aliphatic carbocycles. The molecule has 9 nitrogen and oxygen atoms in total. The molecule has 0 radical (unpaired) electrons. The van der Waals surface area contributed by atoms with Gasteiger partial charge in [0.2, 0.25) is 19.0 Å². The Kier molecular flexibility index (Phi) is 13.3. The van der Waals surface area contributed by atoms with Gasteiger partial charge in [0.15, 0.2) is 0 Å². The highest BCUT2D eigenvalue weighted by Crippen LogP contribution is 1.80. The Morgan fingerprint density at radius 1 is 0.607 bits per heavy atom. The van der Waals surface area contributed by atoms with Crippen LogP contribution in [0.1, 0.15) is 20.8 Å². The molecule has 3 aromatic heterocycles. The summed E-state index contributed by atoms with van der Waals surface area (Å²) in [4.78, 5) is 0. The number of nitrogens with zero attached hydrogens (tertiary/aromatic N) is 6. The fraction of sp³-hybridized carbons (Fsp3) is 0.500. The van der Waals surface area contributed by atoms with Gasteiger partial charge in [0.1, 0.15) is 37.2 Å². The third-order valence-electron chi connectivity index (χ3n) is 3.57. The molecule has 0 atom stereocenters. The SMILES string of the molecule is CCn1cc[n+](C)c1.CCn1cc[n+](C)c1.CCn1cc[n+](C)c1.[O-]B([O-])[O-]. The fourth-order valence-electron chi connectivity index (χ4n) is 2.07. The van der Waals surface area contributed by atoms with Gasteiger partial charge in [-0.3, -0.25) is 7.32 Å². The van der Waals surface area contributed by atoms with Crippen molar-refractivity contribution in [1.82, 2.24) is 13.7 Å². The molecule has 0 aliphatic rings. The van der Waals surface area contributed by atoms with E-state index in [0.29, 0.717) is 0 Å². The average Bonchev–Trinajstić information content (AvgIpc) is 3.36. The molecule has 0 saturated heterocycles. The second-order valence-electron chi connectivity index (χ2n) is 6.02. The minimum atomic E-state index is -2.92. The number of rotatable bonds is 3. The largest absolute Gasteiger partial charge is 0.907 e. The Morgan fingerprint density at radius 2 is 0.821 bits per heavy atom. The zero-order chi connectivity index (χ0) is 21.5. The van der Waals surface area contributed by atoms with Crippen molar-refractivity contribution in [2.75, 3.05) is 0 Å². The Morgan fingerprint density at radius 3 is 0.893 bits per heavy atom. The van der Waals surface area contributed by atoms with E-state index in [1.54, 1.807) is 0 Å². The van der Waals surface area contributed by atoms with Crippen LogP contribution in [0.2, 0.25) is 0 Å². The van der Waals surface area contributed by atoms with Crippen molar-refractivity contribution in [3.63, 3.8) is 0 Å². The van der Waals surface area contributed by atoms with E-state index in [1.807, 2.05) is 53.4 Å². The molecule has 0 saturated carbocycles. The maximum Gasteiger partial charge on any atom is 0.243 e. The normalized spacial score (nSPS) is 9.32. The van der Waals surface area contributed by atoms with Crippen molar-refractivity contribution in [1.29, 1.82) is 0 Å².